The Hall–Kier alpha value is -2.01. The van der Waals surface area contributed by atoms with Crippen LogP contribution in [0, 0.1) is 0 Å². The molecule has 0 saturated carbocycles. The maximum Gasteiger partial charge on any atom is 0.221 e. The Kier molecular flexibility index (Phi) is 9.70. The molecule has 9 heteroatoms. The van der Waals surface area contributed by atoms with E-state index in [1.165, 1.54) is 11.9 Å². The summed E-state index contributed by atoms with van der Waals surface area (Å²) in [5, 5.41) is 13.2. The average molecular weight is 543 g/mol. The summed E-state index contributed by atoms with van der Waals surface area (Å²) in [6, 6.07) is 10.4. The SMILES string of the molecule is CN=C(NCc1ccc(OC)c(NC(C)=O)c1)NC1CCN(c2cccs2)CC1.I. The van der Waals surface area contributed by atoms with Crippen molar-refractivity contribution in [3.05, 3.63) is 41.3 Å². The highest BCUT2D eigenvalue weighted by Gasteiger charge is 2.20. The van der Waals surface area contributed by atoms with Gasteiger partial charge in [-0.2, -0.15) is 0 Å². The Labute approximate surface area is 199 Å². The van der Waals surface area contributed by atoms with Crippen LogP contribution in [-0.2, 0) is 11.3 Å². The fourth-order valence-corrected chi connectivity index (χ4v) is 4.21. The zero-order valence-electron chi connectivity index (χ0n) is 17.6. The lowest BCUT2D eigenvalue weighted by molar-refractivity contribution is -0.114. The number of nitrogens with one attached hydrogen (secondary N) is 3. The summed E-state index contributed by atoms with van der Waals surface area (Å²) in [6.45, 7) is 4.19. The third-order valence-corrected chi connectivity index (χ3v) is 5.84. The quantitative estimate of drug-likeness (QED) is 0.295. The van der Waals surface area contributed by atoms with Crippen LogP contribution < -0.4 is 25.6 Å². The zero-order valence-corrected chi connectivity index (χ0v) is 20.8. The first-order chi connectivity index (χ1) is 14.1. The molecule has 0 bridgehead atoms. The molecule has 1 saturated heterocycles. The number of rotatable bonds is 6. The Morgan fingerprint density at radius 3 is 2.67 bits per heavy atom. The van der Waals surface area contributed by atoms with Gasteiger partial charge in [-0.15, -0.1) is 35.3 Å². The maximum atomic E-state index is 11.4. The molecule has 30 heavy (non-hydrogen) atoms. The molecule has 1 fully saturated rings. The predicted octanol–water partition coefficient (Wildman–Crippen LogP) is 3.67. The van der Waals surface area contributed by atoms with Crippen molar-refractivity contribution in [3.63, 3.8) is 0 Å². The minimum atomic E-state index is -0.125. The molecule has 1 aromatic heterocycles. The van der Waals surface area contributed by atoms with E-state index in [0.717, 1.165) is 37.5 Å². The molecule has 1 aliphatic heterocycles. The zero-order chi connectivity index (χ0) is 20.6. The number of ether oxygens (including phenoxy) is 1. The van der Waals surface area contributed by atoms with E-state index in [9.17, 15) is 4.79 Å². The molecule has 2 heterocycles. The number of piperidine rings is 1. The minimum Gasteiger partial charge on any atom is -0.495 e. The molecule has 1 amide bonds. The fraction of sp³-hybridized carbons (Fsp3) is 0.429. The molecular formula is C21H30IN5O2S. The highest BCUT2D eigenvalue weighted by molar-refractivity contribution is 14.0. The monoisotopic (exact) mass is 543 g/mol. The van der Waals surface area contributed by atoms with E-state index in [0.29, 0.717) is 24.0 Å². The van der Waals surface area contributed by atoms with Gasteiger partial charge in [0.2, 0.25) is 5.91 Å². The van der Waals surface area contributed by atoms with Crippen molar-refractivity contribution >= 4 is 57.9 Å². The first-order valence-electron chi connectivity index (χ1n) is 9.79. The van der Waals surface area contributed by atoms with E-state index >= 15 is 0 Å². The van der Waals surface area contributed by atoms with Gasteiger partial charge < -0.3 is 25.6 Å². The largest absolute Gasteiger partial charge is 0.495 e. The summed E-state index contributed by atoms with van der Waals surface area (Å²) in [7, 11) is 3.38. The number of halogens is 1. The van der Waals surface area contributed by atoms with Crippen LogP contribution in [0.1, 0.15) is 25.3 Å². The number of anilines is 2. The van der Waals surface area contributed by atoms with Gasteiger partial charge in [0.25, 0.3) is 0 Å². The molecule has 0 radical (unpaired) electrons. The third kappa shape index (κ3) is 6.76. The number of nitrogens with zero attached hydrogens (tertiary/aromatic N) is 2. The number of carbonyl (C=O) groups is 1. The van der Waals surface area contributed by atoms with E-state index < -0.39 is 0 Å². The molecule has 0 atom stereocenters. The number of methoxy groups -OCH3 is 1. The fourth-order valence-electron chi connectivity index (χ4n) is 3.42. The second-order valence-corrected chi connectivity index (χ2v) is 7.92. The van der Waals surface area contributed by atoms with E-state index in [1.54, 1.807) is 25.5 Å². The van der Waals surface area contributed by atoms with Gasteiger partial charge >= 0.3 is 0 Å². The number of aliphatic imine (C=N–C) groups is 1. The molecule has 0 spiro atoms. The maximum absolute atomic E-state index is 11.4. The predicted molar refractivity (Wildman–Crippen MR) is 136 cm³/mol. The number of amides is 1. The van der Waals surface area contributed by atoms with Crippen molar-refractivity contribution in [2.75, 3.05) is 37.5 Å². The average Bonchev–Trinajstić information content (AvgIpc) is 3.26. The van der Waals surface area contributed by atoms with Crippen molar-refractivity contribution in [2.45, 2.75) is 32.4 Å². The standard InChI is InChI=1S/C21H29N5O2S.HI/c1-15(27)24-18-13-16(6-7-19(18)28-3)14-23-21(22-2)25-17-8-10-26(11-9-17)20-5-4-12-29-20;/h4-7,12-13,17H,8-11,14H2,1-3H3,(H,24,27)(H2,22,23,25);1H. The van der Waals surface area contributed by atoms with Crippen LogP contribution in [0.2, 0.25) is 0 Å². The summed E-state index contributed by atoms with van der Waals surface area (Å²) in [6.07, 6.45) is 2.15. The first-order valence-corrected chi connectivity index (χ1v) is 10.7. The molecule has 1 aliphatic rings. The number of carbonyl (C=O) groups excluding carboxylic acids is 1. The molecular weight excluding hydrogens is 513 g/mol. The molecule has 164 valence electrons. The van der Waals surface area contributed by atoms with Crippen LogP contribution in [0.5, 0.6) is 5.75 Å². The lowest BCUT2D eigenvalue weighted by Gasteiger charge is -2.33. The Bertz CT molecular complexity index is 836. The van der Waals surface area contributed by atoms with Crippen molar-refractivity contribution in [1.82, 2.24) is 10.6 Å². The topological polar surface area (TPSA) is 78.0 Å². The van der Waals surface area contributed by atoms with E-state index in [1.807, 2.05) is 18.2 Å². The normalized spacial score (nSPS) is 14.6. The van der Waals surface area contributed by atoms with Crippen LogP contribution in [0.3, 0.4) is 0 Å². The number of hydrogen-bond donors (Lipinski definition) is 3. The van der Waals surface area contributed by atoms with E-state index in [-0.39, 0.29) is 29.9 Å². The second-order valence-electron chi connectivity index (χ2n) is 7.00. The van der Waals surface area contributed by atoms with Gasteiger partial charge in [0.05, 0.1) is 17.8 Å². The lowest BCUT2D eigenvalue weighted by atomic mass is 10.1. The van der Waals surface area contributed by atoms with Crippen molar-refractivity contribution < 1.29 is 9.53 Å². The second kappa shape index (κ2) is 12.0. The van der Waals surface area contributed by atoms with Crippen LogP contribution in [-0.4, -0.2) is 45.2 Å². The Balaban J connectivity index is 0.00000320. The highest BCUT2D eigenvalue weighted by Crippen LogP contribution is 2.26. The number of hydrogen-bond acceptors (Lipinski definition) is 5. The van der Waals surface area contributed by atoms with E-state index in [2.05, 4.69) is 43.4 Å². The Morgan fingerprint density at radius 2 is 2.07 bits per heavy atom. The highest BCUT2D eigenvalue weighted by atomic mass is 127. The van der Waals surface area contributed by atoms with Gasteiger partial charge in [-0.3, -0.25) is 9.79 Å². The Morgan fingerprint density at radius 1 is 1.30 bits per heavy atom. The molecule has 3 N–H and O–H groups in total. The third-order valence-electron chi connectivity index (χ3n) is 4.91. The first kappa shape index (κ1) is 24.3. The summed E-state index contributed by atoms with van der Waals surface area (Å²) in [5.41, 5.74) is 1.70. The molecule has 2 aromatic rings. The molecule has 3 rings (SSSR count). The molecule has 7 nitrogen and oxygen atoms in total. The summed E-state index contributed by atoms with van der Waals surface area (Å²) >= 11 is 1.80. The lowest BCUT2D eigenvalue weighted by Crippen LogP contribution is -2.48. The molecule has 0 unspecified atom stereocenters. The van der Waals surface area contributed by atoms with Crippen LogP contribution in [0.15, 0.2) is 40.7 Å². The van der Waals surface area contributed by atoms with Gasteiger partial charge in [-0.25, -0.2) is 0 Å². The smallest absolute Gasteiger partial charge is 0.221 e. The van der Waals surface area contributed by atoms with Gasteiger partial charge in [-0.05, 0) is 48.1 Å². The van der Waals surface area contributed by atoms with Gasteiger partial charge in [0.1, 0.15) is 5.75 Å². The van der Waals surface area contributed by atoms with Crippen molar-refractivity contribution in [2.24, 2.45) is 4.99 Å². The van der Waals surface area contributed by atoms with Gasteiger partial charge in [0.15, 0.2) is 5.96 Å². The summed E-state index contributed by atoms with van der Waals surface area (Å²) < 4.78 is 5.31. The summed E-state index contributed by atoms with van der Waals surface area (Å²) in [5.74, 6) is 1.31. The van der Waals surface area contributed by atoms with Crippen LogP contribution in [0.25, 0.3) is 0 Å². The van der Waals surface area contributed by atoms with Crippen LogP contribution >= 0.6 is 35.3 Å². The number of thiophene rings is 1. The summed E-state index contributed by atoms with van der Waals surface area (Å²) in [4.78, 5) is 18.2. The molecule has 0 aliphatic carbocycles. The van der Waals surface area contributed by atoms with Crippen molar-refractivity contribution in [1.29, 1.82) is 0 Å². The number of benzene rings is 1. The van der Waals surface area contributed by atoms with Crippen molar-refractivity contribution in [3.8, 4) is 5.75 Å². The molecule has 1 aromatic carbocycles. The minimum absolute atomic E-state index is 0. The number of guanidine groups is 1. The van der Waals surface area contributed by atoms with E-state index in [4.69, 9.17) is 4.74 Å². The van der Waals surface area contributed by atoms with Gasteiger partial charge in [0, 0.05) is 39.6 Å². The van der Waals surface area contributed by atoms with Crippen LogP contribution in [0.4, 0.5) is 10.7 Å². The van der Waals surface area contributed by atoms with Gasteiger partial charge in [-0.1, -0.05) is 6.07 Å².